The summed E-state index contributed by atoms with van der Waals surface area (Å²) in [4.78, 5) is 4.09. The van der Waals surface area contributed by atoms with E-state index in [1.807, 2.05) is 6.07 Å². The lowest BCUT2D eigenvalue weighted by Gasteiger charge is -2.25. The van der Waals surface area contributed by atoms with Gasteiger partial charge in [0.05, 0.1) is 12.2 Å². The fourth-order valence-corrected chi connectivity index (χ4v) is 2.41. The Morgan fingerprint density at radius 1 is 1.59 bits per heavy atom. The van der Waals surface area contributed by atoms with Crippen molar-refractivity contribution in [2.75, 3.05) is 0 Å². The minimum Gasteiger partial charge on any atom is -0.260 e. The van der Waals surface area contributed by atoms with E-state index in [1.165, 1.54) is 4.31 Å². The molecular weight excluding hydrogens is 238 g/mol. The predicted molar refractivity (Wildman–Crippen MR) is 67.2 cm³/mol. The van der Waals surface area contributed by atoms with Crippen LogP contribution in [-0.4, -0.2) is 23.7 Å². The molecule has 1 aromatic heterocycles. The van der Waals surface area contributed by atoms with E-state index in [4.69, 9.17) is 5.14 Å². The summed E-state index contributed by atoms with van der Waals surface area (Å²) in [6, 6.07) is 5.11. The van der Waals surface area contributed by atoms with Crippen molar-refractivity contribution in [2.24, 2.45) is 5.14 Å². The molecule has 0 fully saturated rings. The van der Waals surface area contributed by atoms with Crippen molar-refractivity contribution in [3.05, 3.63) is 42.7 Å². The van der Waals surface area contributed by atoms with Crippen molar-refractivity contribution < 1.29 is 8.42 Å². The second kappa shape index (κ2) is 5.90. The molecule has 0 spiro atoms. The molecule has 0 aromatic carbocycles. The first-order chi connectivity index (χ1) is 7.95. The van der Waals surface area contributed by atoms with Crippen LogP contribution in [-0.2, 0) is 16.8 Å². The minimum atomic E-state index is -3.74. The van der Waals surface area contributed by atoms with Gasteiger partial charge in [0.1, 0.15) is 0 Å². The summed E-state index contributed by atoms with van der Waals surface area (Å²) in [5.41, 5.74) is 0.664. The monoisotopic (exact) mass is 255 g/mol. The summed E-state index contributed by atoms with van der Waals surface area (Å²) in [5.74, 6) is 0. The number of nitrogens with two attached hydrogens (primary N) is 1. The fourth-order valence-electron chi connectivity index (χ4n) is 1.51. The van der Waals surface area contributed by atoms with Crippen LogP contribution in [0.15, 0.2) is 37.1 Å². The maximum atomic E-state index is 11.5. The van der Waals surface area contributed by atoms with Crippen molar-refractivity contribution in [1.29, 1.82) is 0 Å². The second-order valence-electron chi connectivity index (χ2n) is 3.78. The standard InChI is InChI=1S/C11H17N3O2S/c1-3-6-10(2)14(17(12,15)16)9-11-7-4-5-8-13-11/h3-5,7-8,10H,1,6,9H2,2H3,(H2,12,15,16)/t10-/m0/s1. The molecule has 0 radical (unpaired) electrons. The van der Waals surface area contributed by atoms with Crippen molar-refractivity contribution in [2.45, 2.75) is 25.9 Å². The molecule has 5 nitrogen and oxygen atoms in total. The Morgan fingerprint density at radius 2 is 2.29 bits per heavy atom. The zero-order valence-electron chi connectivity index (χ0n) is 9.78. The normalized spacial score (nSPS) is 13.6. The third kappa shape index (κ3) is 4.26. The van der Waals surface area contributed by atoms with Crippen LogP contribution in [0.5, 0.6) is 0 Å². The lowest BCUT2D eigenvalue weighted by molar-refractivity contribution is 0.328. The van der Waals surface area contributed by atoms with Gasteiger partial charge >= 0.3 is 0 Å². The lowest BCUT2D eigenvalue weighted by Crippen LogP contribution is -2.42. The molecule has 0 aliphatic carbocycles. The van der Waals surface area contributed by atoms with E-state index in [2.05, 4.69) is 11.6 Å². The van der Waals surface area contributed by atoms with Crippen molar-refractivity contribution in [1.82, 2.24) is 9.29 Å². The van der Waals surface area contributed by atoms with Crippen LogP contribution in [0.1, 0.15) is 19.0 Å². The topological polar surface area (TPSA) is 76.3 Å². The van der Waals surface area contributed by atoms with E-state index in [0.717, 1.165) is 0 Å². The Bertz CT molecular complexity index is 459. The summed E-state index contributed by atoms with van der Waals surface area (Å²) < 4.78 is 24.2. The van der Waals surface area contributed by atoms with Gasteiger partial charge in [-0.15, -0.1) is 6.58 Å². The van der Waals surface area contributed by atoms with E-state index in [-0.39, 0.29) is 12.6 Å². The first-order valence-corrected chi connectivity index (χ1v) is 6.76. The molecule has 0 saturated carbocycles. The first-order valence-electron chi connectivity index (χ1n) is 5.25. The van der Waals surface area contributed by atoms with Crippen molar-refractivity contribution in [3.8, 4) is 0 Å². The number of aromatic nitrogens is 1. The van der Waals surface area contributed by atoms with Crippen LogP contribution < -0.4 is 5.14 Å². The van der Waals surface area contributed by atoms with Gasteiger partial charge in [0.15, 0.2) is 0 Å². The largest absolute Gasteiger partial charge is 0.277 e. The Balaban J connectivity index is 2.89. The van der Waals surface area contributed by atoms with Gasteiger partial charge in [0, 0.05) is 12.2 Å². The van der Waals surface area contributed by atoms with Gasteiger partial charge in [-0.3, -0.25) is 4.98 Å². The number of hydrogen-bond donors (Lipinski definition) is 1. The first kappa shape index (κ1) is 13.8. The molecule has 1 rings (SSSR count). The highest BCUT2D eigenvalue weighted by Crippen LogP contribution is 2.12. The molecule has 0 bridgehead atoms. The summed E-state index contributed by atoms with van der Waals surface area (Å²) in [6.45, 7) is 5.56. The summed E-state index contributed by atoms with van der Waals surface area (Å²) in [5, 5.41) is 5.19. The highest BCUT2D eigenvalue weighted by molar-refractivity contribution is 7.86. The Hall–Kier alpha value is -1.24. The highest BCUT2D eigenvalue weighted by atomic mass is 32.2. The van der Waals surface area contributed by atoms with E-state index in [9.17, 15) is 8.42 Å². The van der Waals surface area contributed by atoms with Gasteiger partial charge < -0.3 is 0 Å². The molecule has 6 heteroatoms. The average Bonchev–Trinajstić information content (AvgIpc) is 2.26. The molecule has 1 heterocycles. The smallest absolute Gasteiger partial charge is 0.260 e. The maximum Gasteiger partial charge on any atom is 0.277 e. The molecular formula is C11H17N3O2S. The second-order valence-corrected chi connectivity index (χ2v) is 5.28. The van der Waals surface area contributed by atoms with E-state index >= 15 is 0 Å². The summed E-state index contributed by atoms with van der Waals surface area (Å²) >= 11 is 0. The molecule has 0 aliphatic heterocycles. The molecule has 0 amide bonds. The number of pyridine rings is 1. The number of hydrogen-bond acceptors (Lipinski definition) is 3. The Morgan fingerprint density at radius 3 is 2.76 bits per heavy atom. The molecule has 2 N–H and O–H groups in total. The summed E-state index contributed by atoms with van der Waals surface area (Å²) in [6.07, 6.45) is 3.83. The molecule has 0 aliphatic rings. The quantitative estimate of drug-likeness (QED) is 0.772. The zero-order valence-corrected chi connectivity index (χ0v) is 10.6. The Labute approximate surface area is 102 Å². The van der Waals surface area contributed by atoms with Gasteiger partial charge in [-0.1, -0.05) is 12.1 Å². The van der Waals surface area contributed by atoms with Crippen LogP contribution in [0.2, 0.25) is 0 Å². The fraction of sp³-hybridized carbons (Fsp3) is 0.364. The van der Waals surface area contributed by atoms with Crippen LogP contribution in [0.4, 0.5) is 0 Å². The van der Waals surface area contributed by atoms with Crippen LogP contribution in [0.3, 0.4) is 0 Å². The SMILES string of the molecule is C=CC[C@H](C)N(Cc1ccccn1)S(N)(=O)=O. The van der Waals surface area contributed by atoms with Crippen molar-refractivity contribution in [3.63, 3.8) is 0 Å². The molecule has 17 heavy (non-hydrogen) atoms. The van der Waals surface area contributed by atoms with Crippen molar-refractivity contribution >= 4 is 10.2 Å². The van der Waals surface area contributed by atoms with Crippen LogP contribution in [0.25, 0.3) is 0 Å². The van der Waals surface area contributed by atoms with Crippen LogP contribution >= 0.6 is 0 Å². The number of nitrogens with zero attached hydrogens (tertiary/aromatic N) is 2. The van der Waals surface area contributed by atoms with Gasteiger partial charge in [-0.2, -0.15) is 12.7 Å². The Kier molecular flexibility index (Phi) is 4.80. The third-order valence-electron chi connectivity index (χ3n) is 2.37. The summed E-state index contributed by atoms with van der Waals surface area (Å²) in [7, 11) is -3.74. The lowest BCUT2D eigenvalue weighted by atomic mass is 10.2. The molecule has 0 unspecified atom stereocenters. The van der Waals surface area contributed by atoms with Crippen LogP contribution in [0, 0.1) is 0 Å². The zero-order chi connectivity index (χ0) is 12.9. The molecule has 1 aromatic rings. The van der Waals surface area contributed by atoms with Gasteiger partial charge in [-0.25, -0.2) is 5.14 Å². The molecule has 0 saturated heterocycles. The third-order valence-corrected chi connectivity index (χ3v) is 3.51. The number of rotatable bonds is 6. The minimum absolute atomic E-state index is 0.175. The van der Waals surface area contributed by atoms with E-state index in [1.54, 1.807) is 31.3 Å². The van der Waals surface area contributed by atoms with Gasteiger partial charge in [-0.05, 0) is 25.5 Å². The highest BCUT2D eigenvalue weighted by Gasteiger charge is 2.23. The molecule has 94 valence electrons. The molecule has 1 atom stereocenters. The van der Waals surface area contributed by atoms with E-state index in [0.29, 0.717) is 12.1 Å². The van der Waals surface area contributed by atoms with Gasteiger partial charge in [0.2, 0.25) is 0 Å². The van der Waals surface area contributed by atoms with E-state index < -0.39 is 10.2 Å². The maximum absolute atomic E-state index is 11.5. The van der Waals surface area contributed by atoms with Gasteiger partial charge in [0.25, 0.3) is 10.2 Å². The predicted octanol–water partition coefficient (Wildman–Crippen LogP) is 1.05. The average molecular weight is 255 g/mol.